The lowest BCUT2D eigenvalue weighted by atomic mass is 9.74. The summed E-state index contributed by atoms with van der Waals surface area (Å²) in [6, 6.07) is 7.33. The zero-order chi connectivity index (χ0) is 35.8. The number of rotatable bonds is 8. The number of piperazine rings is 1. The van der Waals surface area contributed by atoms with Crippen molar-refractivity contribution >= 4 is 29.3 Å². The fourth-order valence-electron chi connectivity index (χ4n) is 9.13. The number of likely N-dealkylation sites (tertiary alicyclic amines) is 2. The maximum absolute atomic E-state index is 15.2. The van der Waals surface area contributed by atoms with Gasteiger partial charge in [0, 0.05) is 82.1 Å². The molecule has 1 saturated carbocycles. The summed E-state index contributed by atoms with van der Waals surface area (Å²) in [5, 5.41) is 11.0. The molecule has 10 nitrogen and oxygen atoms in total. The molecule has 4 aliphatic heterocycles. The van der Waals surface area contributed by atoms with Crippen molar-refractivity contribution in [3.05, 3.63) is 34.9 Å². The topological polar surface area (TPSA) is 96.9 Å². The van der Waals surface area contributed by atoms with Crippen LogP contribution in [0.3, 0.4) is 0 Å². The van der Waals surface area contributed by atoms with Crippen LogP contribution in [0.5, 0.6) is 0 Å². The number of aliphatic hydroxyl groups is 1. The van der Waals surface area contributed by atoms with Crippen molar-refractivity contribution in [1.82, 2.24) is 24.5 Å². The van der Waals surface area contributed by atoms with Crippen LogP contribution in [-0.4, -0.2) is 144 Å². The van der Waals surface area contributed by atoms with Crippen molar-refractivity contribution in [3.63, 3.8) is 0 Å². The van der Waals surface area contributed by atoms with Gasteiger partial charge >= 0.3 is 0 Å². The Morgan fingerprint density at radius 1 is 0.920 bits per heavy atom. The van der Waals surface area contributed by atoms with Gasteiger partial charge in [0.25, 0.3) is 0 Å². The Kier molecular flexibility index (Phi) is 11.5. The Labute approximate surface area is 304 Å². The number of carbonyl (C=O) groups excluding carboxylic acids is 3. The molecule has 50 heavy (non-hydrogen) atoms. The van der Waals surface area contributed by atoms with E-state index in [9.17, 15) is 14.7 Å². The van der Waals surface area contributed by atoms with Crippen LogP contribution in [0.15, 0.2) is 24.3 Å². The van der Waals surface area contributed by atoms with Crippen molar-refractivity contribution in [2.24, 2.45) is 16.7 Å². The first kappa shape index (κ1) is 37.5. The van der Waals surface area contributed by atoms with Crippen molar-refractivity contribution in [1.29, 1.82) is 0 Å². The Morgan fingerprint density at radius 3 is 2.18 bits per heavy atom. The lowest BCUT2D eigenvalue weighted by molar-refractivity contribution is -0.149. The van der Waals surface area contributed by atoms with Crippen LogP contribution in [-0.2, 0) is 19.1 Å². The largest absolute Gasteiger partial charge is 0.395 e. The average Bonchev–Trinajstić information content (AvgIpc) is 3.75. The van der Waals surface area contributed by atoms with E-state index in [-0.39, 0.29) is 53.7 Å². The van der Waals surface area contributed by atoms with E-state index in [2.05, 4.69) is 30.7 Å². The minimum Gasteiger partial charge on any atom is -0.395 e. The monoisotopic (exact) mass is 713 g/mol. The molecule has 3 amide bonds. The van der Waals surface area contributed by atoms with Gasteiger partial charge in [0.1, 0.15) is 6.04 Å². The minimum absolute atomic E-state index is 0.00475. The summed E-state index contributed by atoms with van der Waals surface area (Å²) in [6.45, 7) is 14.0. The quantitative estimate of drug-likeness (QED) is 0.434. The third-order valence-electron chi connectivity index (χ3n) is 12.6. The average molecular weight is 714 g/mol. The van der Waals surface area contributed by atoms with Crippen molar-refractivity contribution in [2.75, 3.05) is 72.7 Å². The van der Waals surface area contributed by atoms with Gasteiger partial charge in [0.05, 0.1) is 24.0 Å². The number of likely N-dealkylation sites (N-methyl/N-ethyl adjacent to an activating group) is 1. The molecule has 1 N–H and O–H groups in total. The molecule has 4 saturated heterocycles. The highest BCUT2D eigenvalue weighted by molar-refractivity contribution is 6.30. The SMILES string of the molecule is CN1CCN(C(=O)[C@@H]2C[C@H](N(C(=O)C(C)(C)CO)C3CCC(C)(C)CC3)CN2C(=O)[C@H]2CN(C3CCOCC3)C[C@H]2c2ccc(Cl)cc2)CC1. The van der Waals surface area contributed by atoms with E-state index in [1.807, 2.05) is 39.0 Å². The third kappa shape index (κ3) is 8.04. The number of hydrogen-bond donors (Lipinski definition) is 1. The molecule has 1 aromatic carbocycles. The molecule has 5 fully saturated rings. The van der Waals surface area contributed by atoms with Crippen LogP contribution in [0.1, 0.15) is 84.1 Å². The van der Waals surface area contributed by atoms with E-state index in [4.69, 9.17) is 16.3 Å². The van der Waals surface area contributed by atoms with Gasteiger partial charge in [-0.1, -0.05) is 37.6 Å². The standard InChI is InChI=1S/C39H60ClN5O5/c1-38(2)14-10-30(11-15-38)45(37(49)39(3,4)26-46)31-22-34(36(48)42-18-16-41(5)17-19-42)44(23-31)35(47)33-25-43(29-12-20-50-21-13-29)24-32(33)27-6-8-28(40)9-7-27/h6-9,29-34,46H,10-26H2,1-5H3/t31-,32-,33-,34-/m0/s1. The smallest absolute Gasteiger partial charge is 0.245 e. The summed E-state index contributed by atoms with van der Waals surface area (Å²) in [5.74, 6) is -0.440. The second-order valence-corrected chi connectivity index (χ2v) is 17.7. The molecular weight excluding hydrogens is 654 g/mol. The molecular formula is C39H60ClN5O5. The van der Waals surface area contributed by atoms with E-state index < -0.39 is 11.5 Å². The molecule has 0 aromatic heterocycles. The second-order valence-electron chi connectivity index (χ2n) is 17.2. The summed E-state index contributed by atoms with van der Waals surface area (Å²) >= 11 is 6.31. The summed E-state index contributed by atoms with van der Waals surface area (Å²) in [5.41, 5.74) is 0.341. The van der Waals surface area contributed by atoms with Crippen molar-refractivity contribution in [3.8, 4) is 0 Å². The Bertz CT molecular complexity index is 1350. The molecule has 0 radical (unpaired) electrons. The number of hydrogen-bond acceptors (Lipinski definition) is 7. The van der Waals surface area contributed by atoms with Crippen LogP contribution < -0.4 is 0 Å². The molecule has 0 bridgehead atoms. The van der Waals surface area contributed by atoms with E-state index in [1.165, 1.54) is 0 Å². The van der Waals surface area contributed by atoms with Crippen LogP contribution in [0.25, 0.3) is 0 Å². The predicted molar refractivity (Wildman–Crippen MR) is 195 cm³/mol. The number of ether oxygens (including phenoxy) is 1. The molecule has 278 valence electrons. The molecule has 1 aliphatic carbocycles. The van der Waals surface area contributed by atoms with E-state index in [0.29, 0.717) is 43.7 Å². The number of amides is 3. The molecule has 0 unspecified atom stereocenters. The van der Waals surface area contributed by atoms with Gasteiger partial charge in [0.2, 0.25) is 17.7 Å². The molecule has 4 heterocycles. The summed E-state index contributed by atoms with van der Waals surface area (Å²) in [4.78, 5) is 54.6. The van der Waals surface area contributed by atoms with E-state index in [0.717, 1.165) is 76.9 Å². The number of benzene rings is 1. The van der Waals surface area contributed by atoms with Gasteiger partial charge in [-0.05, 0) is 89.0 Å². The normalized spacial score (nSPS) is 29.0. The fourth-order valence-corrected chi connectivity index (χ4v) is 9.26. The second kappa shape index (κ2) is 15.4. The third-order valence-corrected chi connectivity index (χ3v) is 12.9. The maximum Gasteiger partial charge on any atom is 0.245 e. The van der Waals surface area contributed by atoms with Crippen LogP contribution in [0, 0.1) is 16.7 Å². The highest BCUT2D eigenvalue weighted by Crippen LogP contribution is 2.42. The first-order valence-electron chi connectivity index (χ1n) is 19.1. The lowest BCUT2D eigenvalue weighted by Crippen LogP contribution is -2.55. The van der Waals surface area contributed by atoms with Crippen molar-refractivity contribution < 1.29 is 24.2 Å². The Hall–Kier alpha value is -2.24. The van der Waals surface area contributed by atoms with Gasteiger partial charge in [-0.3, -0.25) is 19.3 Å². The molecule has 5 aliphatic rings. The number of nitrogens with zero attached hydrogens (tertiary/aromatic N) is 5. The fraction of sp³-hybridized carbons (Fsp3) is 0.769. The van der Waals surface area contributed by atoms with E-state index >= 15 is 4.79 Å². The van der Waals surface area contributed by atoms with Crippen molar-refractivity contribution in [2.45, 2.75) is 103 Å². The van der Waals surface area contributed by atoms with Gasteiger partial charge in [-0.2, -0.15) is 0 Å². The molecule has 11 heteroatoms. The van der Waals surface area contributed by atoms with Crippen LogP contribution >= 0.6 is 11.6 Å². The first-order valence-corrected chi connectivity index (χ1v) is 19.4. The van der Waals surface area contributed by atoms with Crippen LogP contribution in [0.2, 0.25) is 5.02 Å². The van der Waals surface area contributed by atoms with Gasteiger partial charge in [0.15, 0.2) is 0 Å². The zero-order valence-electron chi connectivity index (χ0n) is 31.0. The number of halogens is 1. The van der Waals surface area contributed by atoms with Gasteiger partial charge < -0.3 is 29.4 Å². The summed E-state index contributed by atoms with van der Waals surface area (Å²) in [7, 11) is 2.07. The summed E-state index contributed by atoms with van der Waals surface area (Å²) < 4.78 is 5.68. The summed E-state index contributed by atoms with van der Waals surface area (Å²) in [6.07, 6.45) is 6.08. The lowest BCUT2D eigenvalue weighted by Gasteiger charge is -2.45. The van der Waals surface area contributed by atoms with Crippen LogP contribution in [0.4, 0.5) is 0 Å². The zero-order valence-corrected chi connectivity index (χ0v) is 31.7. The number of carbonyl (C=O) groups is 3. The minimum atomic E-state index is -0.962. The van der Waals surface area contributed by atoms with Gasteiger partial charge in [-0.25, -0.2) is 0 Å². The maximum atomic E-state index is 15.2. The molecule has 0 spiro atoms. The predicted octanol–water partition coefficient (Wildman–Crippen LogP) is 4.09. The van der Waals surface area contributed by atoms with Gasteiger partial charge in [-0.15, -0.1) is 0 Å². The highest BCUT2D eigenvalue weighted by Gasteiger charge is 2.52. The molecule has 4 atom stereocenters. The number of aliphatic hydroxyl groups excluding tert-OH is 1. The Morgan fingerprint density at radius 2 is 1.56 bits per heavy atom. The Balaban J connectivity index is 1.33. The molecule has 6 rings (SSSR count). The van der Waals surface area contributed by atoms with E-state index in [1.54, 1.807) is 13.8 Å². The first-order chi connectivity index (χ1) is 23.8. The highest BCUT2D eigenvalue weighted by atomic mass is 35.5. The molecule has 1 aromatic rings.